The molecule has 0 aliphatic carbocycles. The third-order valence-corrected chi connectivity index (χ3v) is 7.09. The van der Waals surface area contributed by atoms with E-state index in [1.54, 1.807) is 39.3 Å². The van der Waals surface area contributed by atoms with E-state index in [1.807, 2.05) is 24.3 Å². The van der Waals surface area contributed by atoms with Gasteiger partial charge >= 0.3 is 0 Å². The molecule has 0 amide bonds. The van der Waals surface area contributed by atoms with Crippen LogP contribution in [0.3, 0.4) is 0 Å². The third-order valence-electron chi connectivity index (χ3n) is 5.35. The molecule has 8 heteroatoms. The van der Waals surface area contributed by atoms with Crippen LogP contribution in [0.1, 0.15) is 25.1 Å². The second-order valence-corrected chi connectivity index (χ2v) is 9.59. The molecule has 32 heavy (non-hydrogen) atoms. The molecule has 6 nitrogen and oxygen atoms in total. The molecule has 1 aromatic heterocycles. The van der Waals surface area contributed by atoms with E-state index in [4.69, 9.17) is 9.47 Å². The molecule has 0 atom stereocenters. The minimum absolute atomic E-state index is 0. The van der Waals surface area contributed by atoms with Crippen molar-refractivity contribution in [2.45, 2.75) is 31.8 Å². The van der Waals surface area contributed by atoms with Crippen molar-refractivity contribution < 1.29 is 17.9 Å². The van der Waals surface area contributed by atoms with E-state index in [9.17, 15) is 8.42 Å². The van der Waals surface area contributed by atoms with Gasteiger partial charge in [-0.3, -0.25) is 4.90 Å². The van der Waals surface area contributed by atoms with Crippen molar-refractivity contribution >= 4 is 22.2 Å². The molecule has 0 radical (unpaired) electrons. The Bertz CT molecular complexity index is 1110. The predicted octanol–water partition coefficient (Wildman–Crippen LogP) is 4.94. The number of ether oxygens (including phenoxy) is 2. The summed E-state index contributed by atoms with van der Waals surface area (Å²) in [5.41, 5.74) is 3.84. The van der Waals surface area contributed by atoms with Gasteiger partial charge in [-0.15, -0.1) is 12.4 Å². The summed E-state index contributed by atoms with van der Waals surface area (Å²) in [5.74, 6) is 1.54. The largest absolute Gasteiger partial charge is 0.497 e. The number of aromatic amines is 1. The van der Waals surface area contributed by atoms with E-state index in [0.717, 1.165) is 42.3 Å². The minimum Gasteiger partial charge on any atom is -0.497 e. The SMILES string of the molecule is CCN(Cc1ccc(OC)cc1)Cc1ccc(-c2cc(S(=O)(=O)CC)ccc2OC)[nH]1.Cl. The average Bonchev–Trinajstić information content (AvgIpc) is 3.26. The minimum atomic E-state index is -3.30. The first kappa shape index (κ1) is 25.8. The monoisotopic (exact) mass is 478 g/mol. The molecule has 0 spiro atoms. The Balaban J connectivity index is 0.00000363. The fourth-order valence-corrected chi connectivity index (χ4v) is 4.36. The molecule has 1 heterocycles. The Morgan fingerprint density at radius 2 is 1.62 bits per heavy atom. The Hall–Kier alpha value is -2.48. The van der Waals surface area contributed by atoms with E-state index in [1.165, 1.54) is 5.56 Å². The zero-order valence-electron chi connectivity index (χ0n) is 18.9. The molecular weight excluding hydrogens is 448 g/mol. The molecule has 0 fully saturated rings. The zero-order chi connectivity index (χ0) is 22.4. The molecule has 3 aromatic rings. The maximum absolute atomic E-state index is 12.3. The molecular formula is C24H31ClN2O4S. The molecule has 0 saturated heterocycles. The highest BCUT2D eigenvalue weighted by molar-refractivity contribution is 7.91. The van der Waals surface area contributed by atoms with Gasteiger partial charge in [0, 0.05) is 30.0 Å². The number of benzene rings is 2. The third kappa shape index (κ3) is 6.06. The zero-order valence-corrected chi connectivity index (χ0v) is 20.6. The summed E-state index contributed by atoms with van der Waals surface area (Å²) in [4.78, 5) is 6.06. The molecule has 1 N–H and O–H groups in total. The molecule has 0 bridgehead atoms. The van der Waals surface area contributed by atoms with Crippen LogP contribution < -0.4 is 9.47 Å². The summed E-state index contributed by atoms with van der Waals surface area (Å²) in [5, 5.41) is 0. The first-order chi connectivity index (χ1) is 14.9. The number of sulfone groups is 1. The molecule has 3 rings (SSSR count). The van der Waals surface area contributed by atoms with Gasteiger partial charge < -0.3 is 14.5 Å². The van der Waals surface area contributed by atoms with Crippen molar-refractivity contribution in [2.24, 2.45) is 0 Å². The van der Waals surface area contributed by atoms with E-state index in [2.05, 4.69) is 28.9 Å². The second kappa shape index (κ2) is 11.4. The Kier molecular flexibility index (Phi) is 9.19. The highest BCUT2D eigenvalue weighted by atomic mass is 35.5. The molecule has 174 valence electrons. The fourth-order valence-electron chi connectivity index (χ4n) is 3.46. The van der Waals surface area contributed by atoms with Gasteiger partial charge in [0.1, 0.15) is 11.5 Å². The van der Waals surface area contributed by atoms with E-state index < -0.39 is 9.84 Å². The van der Waals surface area contributed by atoms with Crippen LogP contribution in [-0.4, -0.2) is 44.8 Å². The molecule has 0 aliphatic heterocycles. The first-order valence-electron chi connectivity index (χ1n) is 10.3. The second-order valence-electron chi connectivity index (χ2n) is 7.31. The summed E-state index contributed by atoms with van der Waals surface area (Å²) in [6.07, 6.45) is 0. The quantitative estimate of drug-likeness (QED) is 0.447. The van der Waals surface area contributed by atoms with Crippen LogP contribution >= 0.6 is 12.4 Å². The standard InChI is InChI=1S/C24H30N2O4S.ClH/c1-5-26(16-18-7-10-20(29-3)11-8-18)17-19-9-13-23(25-19)22-15-21(31(27,28)6-2)12-14-24(22)30-4;/h7-15,25H,5-6,16-17H2,1-4H3;1H. The summed E-state index contributed by atoms with van der Waals surface area (Å²) in [7, 11) is -0.0432. The maximum atomic E-state index is 12.3. The number of nitrogens with one attached hydrogen (secondary N) is 1. The van der Waals surface area contributed by atoms with Crippen LogP contribution in [0.5, 0.6) is 11.5 Å². The van der Waals surface area contributed by atoms with Crippen LogP contribution in [0, 0.1) is 0 Å². The lowest BCUT2D eigenvalue weighted by Crippen LogP contribution is -2.22. The Labute approximate surface area is 196 Å². The summed E-state index contributed by atoms with van der Waals surface area (Å²) >= 11 is 0. The summed E-state index contributed by atoms with van der Waals surface area (Å²) < 4.78 is 35.3. The van der Waals surface area contributed by atoms with Crippen LogP contribution in [-0.2, 0) is 22.9 Å². The van der Waals surface area contributed by atoms with Gasteiger partial charge in [0.15, 0.2) is 9.84 Å². The van der Waals surface area contributed by atoms with Gasteiger partial charge in [-0.1, -0.05) is 26.0 Å². The number of aromatic nitrogens is 1. The fraction of sp³-hybridized carbons (Fsp3) is 0.333. The number of halogens is 1. The summed E-state index contributed by atoms with van der Waals surface area (Å²) in [6.45, 7) is 6.25. The predicted molar refractivity (Wildman–Crippen MR) is 131 cm³/mol. The number of rotatable bonds is 10. The van der Waals surface area contributed by atoms with Gasteiger partial charge in [0.2, 0.25) is 0 Å². The lowest BCUT2D eigenvalue weighted by molar-refractivity contribution is 0.268. The molecule has 0 aliphatic rings. The van der Waals surface area contributed by atoms with Crippen LogP contribution in [0.2, 0.25) is 0 Å². The maximum Gasteiger partial charge on any atom is 0.178 e. The van der Waals surface area contributed by atoms with Crippen molar-refractivity contribution in [2.75, 3.05) is 26.5 Å². The van der Waals surface area contributed by atoms with Crippen LogP contribution in [0.4, 0.5) is 0 Å². The van der Waals surface area contributed by atoms with Gasteiger partial charge in [0.25, 0.3) is 0 Å². The molecule has 0 unspecified atom stereocenters. The average molecular weight is 479 g/mol. The normalized spacial score (nSPS) is 11.3. The van der Waals surface area contributed by atoms with Crippen molar-refractivity contribution in [1.29, 1.82) is 0 Å². The van der Waals surface area contributed by atoms with Crippen molar-refractivity contribution in [3.8, 4) is 22.8 Å². The van der Waals surface area contributed by atoms with E-state index in [-0.39, 0.29) is 18.2 Å². The van der Waals surface area contributed by atoms with Gasteiger partial charge in [-0.05, 0) is 54.6 Å². The Morgan fingerprint density at radius 3 is 2.22 bits per heavy atom. The highest BCUT2D eigenvalue weighted by Crippen LogP contribution is 2.32. The van der Waals surface area contributed by atoms with Crippen LogP contribution in [0.15, 0.2) is 59.5 Å². The van der Waals surface area contributed by atoms with Gasteiger partial charge in [-0.25, -0.2) is 8.42 Å². The topological polar surface area (TPSA) is 71.6 Å². The van der Waals surface area contributed by atoms with Crippen molar-refractivity contribution in [3.05, 3.63) is 65.9 Å². The van der Waals surface area contributed by atoms with Crippen LogP contribution in [0.25, 0.3) is 11.3 Å². The van der Waals surface area contributed by atoms with E-state index >= 15 is 0 Å². The number of hydrogen-bond donors (Lipinski definition) is 1. The molecule has 2 aromatic carbocycles. The van der Waals surface area contributed by atoms with Crippen molar-refractivity contribution in [1.82, 2.24) is 9.88 Å². The van der Waals surface area contributed by atoms with Gasteiger partial charge in [0.05, 0.1) is 24.9 Å². The number of nitrogens with zero attached hydrogens (tertiary/aromatic N) is 1. The smallest absolute Gasteiger partial charge is 0.178 e. The number of hydrogen-bond acceptors (Lipinski definition) is 5. The number of H-pyrrole nitrogens is 1. The molecule has 0 saturated carbocycles. The highest BCUT2D eigenvalue weighted by Gasteiger charge is 2.17. The van der Waals surface area contributed by atoms with E-state index in [0.29, 0.717) is 10.6 Å². The van der Waals surface area contributed by atoms with Crippen molar-refractivity contribution in [3.63, 3.8) is 0 Å². The first-order valence-corrected chi connectivity index (χ1v) is 12.0. The summed E-state index contributed by atoms with van der Waals surface area (Å²) in [6, 6.07) is 17.1. The van der Waals surface area contributed by atoms with Gasteiger partial charge in [-0.2, -0.15) is 0 Å². The Morgan fingerprint density at radius 1 is 0.906 bits per heavy atom. The lowest BCUT2D eigenvalue weighted by Gasteiger charge is -2.20. The number of methoxy groups -OCH3 is 2. The lowest BCUT2D eigenvalue weighted by atomic mass is 10.1.